The molecule has 0 fully saturated rings. The summed E-state index contributed by atoms with van der Waals surface area (Å²) < 4.78 is 0. The van der Waals surface area contributed by atoms with Crippen LogP contribution >= 0.6 is 0 Å². The molecule has 0 amide bonds. The number of rotatable bonds is 1. The van der Waals surface area contributed by atoms with Crippen molar-refractivity contribution in [2.45, 2.75) is 18.9 Å². The Balaban J connectivity index is 1.84. The van der Waals surface area contributed by atoms with Crippen molar-refractivity contribution in [2.24, 2.45) is 0 Å². The standard InChI is InChI=1S/C18H18N2/c1-12-15-4-2-3-5-16(15)17(11-20-12)14-7-6-13-8-9-19-18(13)10-14/h2-10,12,17,19-20H,11H2,1H3/t12-,17+/m1/s1. The fourth-order valence-corrected chi connectivity index (χ4v) is 3.32. The van der Waals surface area contributed by atoms with Gasteiger partial charge in [-0.3, -0.25) is 0 Å². The summed E-state index contributed by atoms with van der Waals surface area (Å²) in [5, 5.41) is 4.90. The molecule has 1 aliphatic heterocycles. The Labute approximate surface area is 118 Å². The molecule has 2 heteroatoms. The highest BCUT2D eigenvalue weighted by atomic mass is 14.9. The minimum absolute atomic E-state index is 0.440. The van der Waals surface area contributed by atoms with Gasteiger partial charge in [0, 0.05) is 30.2 Å². The topological polar surface area (TPSA) is 27.8 Å². The summed E-state index contributed by atoms with van der Waals surface area (Å²) in [7, 11) is 0. The van der Waals surface area contributed by atoms with E-state index in [1.165, 1.54) is 27.6 Å². The van der Waals surface area contributed by atoms with Crippen LogP contribution < -0.4 is 5.32 Å². The largest absolute Gasteiger partial charge is 0.361 e. The van der Waals surface area contributed by atoms with Gasteiger partial charge in [-0.25, -0.2) is 0 Å². The van der Waals surface area contributed by atoms with Crippen molar-refractivity contribution < 1.29 is 0 Å². The first kappa shape index (κ1) is 11.7. The van der Waals surface area contributed by atoms with Crippen molar-refractivity contribution in [3.8, 4) is 0 Å². The van der Waals surface area contributed by atoms with E-state index in [0.29, 0.717) is 12.0 Å². The van der Waals surface area contributed by atoms with E-state index >= 15 is 0 Å². The molecule has 2 heterocycles. The average molecular weight is 262 g/mol. The minimum atomic E-state index is 0.440. The highest BCUT2D eigenvalue weighted by Gasteiger charge is 2.25. The molecule has 2 nitrogen and oxygen atoms in total. The lowest BCUT2D eigenvalue weighted by atomic mass is 9.83. The van der Waals surface area contributed by atoms with Crippen molar-refractivity contribution in [1.29, 1.82) is 0 Å². The van der Waals surface area contributed by atoms with Crippen LogP contribution in [0.1, 0.15) is 35.6 Å². The van der Waals surface area contributed by atoms with Crippen molar-refractivity contribution >= 4 is 10.9 Å². The molecule has 20 heavy (non-hydrogen) atoms. The first-order valence-electron chi connectivity index (χ1n) is 7.22. The van der Waals surface area contributed by atoms with Crippen LogP contribution in [0.5, 0.6) is 0 Å². The quantitative estimate of drug-likeness (QED) is 0.682. The van der Waals surface area contributed by atoms with Crippen molar-refractivity contribution in [1.82, 2.24) is 10.3 Å². The molecule has 2 N–H and O–H groups in total. The van der Waals surface area contributed by atoms with E-state index in [1.54, 1.807) is 0 Å². The molecule has 0 unspecified atom stereocenters. The van der Waals surface area contributed by atoms with Crippen LogP contribution in [0.4, 0.5) is 0 Å². The molecule has 0 saturated heterocycles. The second-order valence-electron chi connectivity index (χ2n) is 5.64. The predicted molar refractivity (Wildman–Crippen MR) is 83.0 cm³/mol. The van der Waals surface area contributed by atoms with Crippen LogP contribution in [0.25, 0.3) is 10.9 Å². The van der Waals surface area contributed by atoms with Gasteiger partial charge in [-0.15, -0.1) is 0 Å². The first-order valence-corrected chi connectivity index (χ1v) is 7.22. The summed E-state index contributed by atoms with van der Waals surface area (Å²) in [4.78, 5) is 3.31. The number of hydrogen-bond acceptors (Lipinski definition) is 1. The molecule has 2 atom stereocenters. The Hall–Kier alpha value is -2.06. The van der Waals surface area contributed by atoms with Crippen LogP contribution in [0.2, 0.25) is 0 Å². The molecule has 1 aromatic heterocycles. The van der Waals surface area contributed by atoms with E-state index in [1.807, 2.05) is 6.20 Å². The van der Waals surface area contributed by atoms with Crippen molar-refractivity contribution in [3.05, 3.63) is 71.4 Å². The van der Waals surface area contributed by atoms with Crippen LogP contribution in [0.15, 0.2) is 54.7 Å². The van der Waals surface area contributed by atoms with E-state index < -0.39 is 0 Å². The fourth-order valence-electron chi connectivity index (χ4n) is 3.32. The molecule has 3 aromatic rings. The Kier molecular flexibility index (Phi) is 2.64. The van der Waals surface area contributed by atoms with Gasteiger partial charge < -0.3 is 10.3 Å². The van der Waals surface area contributed by atoms with E-state index in [0.717, 1.165) is 6.54 Å². The lowest BCUT2D eigenvalue weighted by Gasteiger charge is -2.31. The number of benzene rings is 2. The maximum absolute atomic E-state index is 3.62. The average Bonchev–Trinajstić information content (AvgIpc) is 2.95. The van der Waals surface area contributed by atoms with Crippen LogP contribution in [-0.4, -0.2) is 11.5 Å². The molecule has 0 radical (unpaired) electrons. The van der Waals surface area contributed by atoms with Gasteiger partial charge in [-0.1, -0.05) is 36.4 Å². The van der Waals surface area contributed by atoms with Gasteiger partial charge in [-0.05, 0) is 41.1 Å². The predicted octanol–water partition coefficient (Wildman–Crippen LogP) is 3.96. The Morgan fingerprint density at radius 3 is 2.75 bits per heavy atom. The third-order valence-electron chi connectivity index (χ3n) is 4.45. The normalized spacial score (nSPS) is 21.9. The van der Waals surface area contributed by atoms with Crippen LogP contribution in [0, 0.1) is 0 Å². The zero-order chi connectivity index (χ0) is 13.5. The second kappa shape index (κ2) is 4.50. The van der Waals surface area contributed by atoms with Gasteiger partial charge in [0.15, 0.2) is 0 Å². The van der Waals surface area contributed by atoms with E-state index in [2.05, 4.69) is 65.8 Å². The van der Waals surface area contributed by atoms with Gasteiger partial charge in [-0.2, -0.15) is 0 Å². The fraction of sp³-hybridized carbons (Fsp3) is 0.222. The molecular weight excluding hydrogens is 244 g/mol. The Morgan fingerprint density at radius 2 is 1.85 bits per heavy atom. The molecular formula is C18H18N2. The van der Waals surface area contributed by atoms with Gasteiger partial charge in [0.25, 0.3) is 0 Å². The highest BCUT2D eigenvalue weighted by molar-refractivity contribution is 5.80. The zero-order valence-corrected chi connectivity index (χ0v) is 11.6. The molecule has 1 aliphatic rings. The number of fused-ring (bicyclic) bond motifs is 2. The SMILES string of the molecule is C[C@H]1NC[C@@H](c2ccc3cc[nH]c3c2)c2ccccc21. The van der Waals surface area contributed by atoms with Gasteiger partial charge >= 0.3 is 0 Å². The minimum Gasteiger partial charge on any atom is -0.361 e. The molecule has 4 rings (SSSR count). The van der Waals surface area contributed by atoms with Gasteiger partial charge in [0.1, 0.15) is 0 Å². The number of aromatic amines is 1. The Morgan fingerprint density at radius 1 is 1.00 bits per heavy atom. The molecule has 2 aromatic carbocycles. The monoisotopic (exact) mass is 262 g/mol. The zero-order valence-electron chi connectivity index (χ0n) is 11.6. The van der Waals surface area contributed by atoms with Crippen molar-refractivity contribution in [3.63, 3.8) is 0 Å². The van der Waals surface area contributed by atoms with Crippen LogP contribution in [0.3, 0.4) is 0 Å². The number of H-pyrrole nitrogens is 1. The third-order valence-corrected chi connectivity index (χ3v) is 4.45. The lowest BCUT2D eigenvalue weighted by molar-refractivity contribution is 0.508. The summed E-state index contributed by atoms with van der Waals surface area (Å²) in [6, 6.07) is 18.1. The number of hydrogen-bond donors (Lipinski definition) is 2. The van der Waals surface area contributed by atoms with E-state index in [9.17, 15) is 0 Å². The molecule has 0 aliphatic carbocycles. The third kappa shape index (κ3) is 1.76. The summed E-state index contributed by atoms with van der Waals surface area (Å²) in [5.74, 6) is 0.440. The highest BCUT2D eigenvalue weighted by Crippen LogP contribution is 2.35. The van der Waals surface area contributed by atoms with Gasteiger partial charge in [0.2, 0.25) is 0 Å². The maximum atomic E-state index is 3.62. The summed E-state index contributed by atoms with van der Waals surface area (Å²) >= 11 is 0. The van der Waals surface area contributed by atoms with E-state index in [-0.39, 0.29) is 0 Å². The van der Waals surface area contributed by atoms with Gasteiger partial charge in [0.05, 0.1) is 0 Å². The first-order chi connectivity index (χ1) is 9.83. The summed E-state index contributed by atoms with van der Waals surface area (Å²) in [6.07, 6.45) is 2.00. The van der Waals surface area contributed by atoms with E-state index in [4.69, 9.17) is 0 Å². The molecule has 0 spiro atoms. The molecule has 0 bridgehead atoms. The second-order valence-corrected chi connectivity index (χ2v) is 5.64. The summed E-state index contributed by atoms with van der Waals surface area (Å²) in [5.41, 5.74) is 5.49. The molecule has 100 valence electrons. The summed E-state index contributed by atoms with van der Waals surface area (Å²) in [6.45, 7) is 3.24. The smallest absolute Gasteiger partial charge is 0.0456 e. The number of aromatic nitrogens is 1. The number of nitrogens with one attached hydrogen (secondary N) is 2. The maximum Gasteiger partial charge on any atom is 0.0456 e. The van der Waals surface area contributed by atoms with Crippen LogP contribution in [-0.2, 0) is 0 Å². The Bertz CT molecular complexity index is 757. The lowest BCUT2D eigenvalue weighted by Crippen LogP contribution is -2.31. The van der Waals surface area contributed by atoms with Crippen molar-refractivity contribution in [2.75, 3.05) is 6.54 Å². The molecule has 0 saturated carbocycles.